The summed E-state index contributed by atoms with van der Waals surface area (Å²) in [7, 11) is 0. The summed E-state index contributed by atoms with van der Waals surface area (Å²) in [5.41, 5.74) is 6.73. The smallest absolute Gasteiger partial charge is 0.267 e. The monoisotopic (exact) mass is 254 g/mol. The maximum atomic E-state index is 12.3. The third kappa shape index (κ3) is 2.81. The molecule has 5 nitrogen and oxygen atoms in total. The first kappa shape index (κ1) is 12.4. The first-order valence-electron chi connectivity index (χ1n) is 6.08. The molecular weight excluding hydrogens is 236 g/mol. The third-order valence-corrected chi connectivity index (χ3v) is 3.74. The molecule has 0 saturated carbocycles. The first-order chi connectivity index (χ1) is 8.22. The van der Waals surface area contributed by atoms with Crippen LogP contribution in [0.3, 0.4) is 0 Å². The Morgan fingerprint density at radius 1 is 1.65 bits per heavy atom. The molecule has 0 unspecified atom stereocenters. The Hall–Kier alpha value is -1.01. The maximum Gasteiger partial charge on any atom is 0.267 e. The highest BCUT2D eigenvalue weighted by atomic mass is 32.1. The fraction of sp³-hybridized carbons (Fsp3) is 0.727. The van der Waals surface area contributed by atoms with E-state index in [9.17, 15) is 4.79 Å². The van der Waals surface area contributed by atoms with E-state index in [1.807, 2.05) is 4.90 Å². The number of carbonyl (C=O) groups excluding carboxylic acids is 1. The Kier molecular flexibility index (Phi) is 4.06. The maximum absolute atomic E-state index is 12.3. The number of piperidine rings is 1. The molecule has 1 amide bonds. The minimum Gasteiger partial charge on any atom is -0.336 e. The number of nitrogens with zero attached hydrogens (tertiary/aromatic N) is 3. The molecule has 2 heterocycles. The van der Waals surface area contributed by atoms with Gasteiger partial charge in [-0.2, -0.15) is 0 Å². The Morgan fingerprint density at radius 3 is 3.18 bits per heavy atom. The van der Waals surface area contributed by atoms with Crippen LogP contribution in [-0.4, -0.2) is 39.5 Å². The second kappa shape index (κ2) is 5.55. The zero-order valence-electron chi connectivity index (χ0n) is 10.1. The van der Waals surface area contributed by atoms with E-state index >= 15 is 0 Å². The van der Waals surface area contributed by atoms with Gasteiger partial charge in [0.05, 0.1) is 5.69 Å². The van der Waals surface area contributed by atoms with Crippen molar-refractivity contribution in [2.45, 2.75) is 38.6 Å². The van der Waals surface area contributed by atoms with E-state index < -0.39 is 0 Å². The molecule has 1 atom stereocenters. The Bertz CT molecular complexity index is 393. The third-order valence-electron chi connectivity index (χ3n) is 2.98. The van der Waals surface area contributed by atoms with Crippen LogP contribution in [0.2, 0.25) is 0 Å². The number of hydrogen-bond donors (Lipinski definition) is 1. The first-order valence-corrected chi connectivity index (χ1v) is 6.85. The van der Waals surface area contributed by atoms with Crippen molar-refractivity contribution in [1.29, 1.82) is 0 Å². The van der Waals surface area contributed by atoms with Gasteiger partial charge in [-0.1, -0.05) is 17.8 Å². The average Bonchev–Trinajstić information content (AvgIpc) is 2.77. The number of nitrogens with two attached hydrogens (primary N) is 1. The standard InChI is InChI=1S/C11H18N4OS/c1-2-4-9-10(17-14-13-9)11(16)15-6-3-5-8(12)7-15/h8H,2-7,12H2,1H3/t8-/m1/s1. The molecule has 0 aliphatic carbocycles. The van der Waals surface area contributed by atoms with Gasteiger partial charge in [0.15, 0.2) is 0 Å². The average molecular weight is 254 g/mol. The minimum atomic E-state index is 0.0543. The molecule has 17 heavy (non-hydrogen) atoms. The number of hydrogen-bond acceptors (Lipinski definition) is 5. The van der Waals surface area contributed by atoms with E-state index in [2.05, 4.69) is 16.5 Å². The van der Waals surface area contributed by atoms with Gasteiger partial charge in [-0.05, 0) is 30.8 Å². The van der Waals surface area contributed by atoms with Crippen molar-refractivity contribution in [2.75, 3.05) is 13.1 Å². The number of carbonyl (C=O) groups is 1. The van der Waals surface area contributed by atoms with Crippen LogP contribution in [0, 0.1) is 0 Å². The van der Waals surface area contributed by atoms with Crippen LogP contribution >= 0.6 is 11.5 Å². The predicted molar refractivity (Wildman–Crippen MR) is 67.0 cm³/mol. The van der Waals surface area contributed by atoms with Gasteiger partial charge in [-0.3, -0.25) is 4.79 Å². The zero-order valence-corrected chi connectivity index (χ0v) is 10.9. The number of aryl methyl sites for hydroxylation is 1. The molecule has 6 heteroatoms. The molecule has 1 aromatic rings. The highest BCUT2D eigenvalue weighted by molar-refractivity contribution is 7.08. The van der Waals surface area contributed by atoms with E-state index in [1.165, 1.54) is 11.5 Å². The van der Waals surface area contributed by atoms with Crippen LogP contribution in [-0.2, 0) is 6.42 Å². The van der Waals surface area contributed by atoms with Crippen LogP contribution < -0.4 is 5.73 Å². The van der Waals surface area contributed by atoms with Gasteiger partial charge in [0.25, 0.3) is 5.91 Å². The Labute approximate surface area is 105 Å². The summed E-state index contributed by atoms with van der Waals surface area (Å²) in [6.07, 6.45) is 3.79. The fourth-order valence-corrected chi connectivity index (χ4v) is 2.79. The highest BCUT2D eigenvalue weighted by Gasteiger charge is 2.25. The lowest BCUT2D eigenvalue weighted by Crippen LogP contribution is -2.45. The van der Waals surface area contributed by atoms with Crippen LogP contribution in [0.1, 0.15) is 41.6 Å². The van der Waals surface area contributed by atoms with E-state index in [1.54, 1.807) is 0 Å². The van der Waals surface area contributed by atoms with Crippen LogP contribution in [0.25, 0.3) is 0 Å². The van der Waals surface area contributed by atoms with Crippen molar-refractivity contribution in [3.05, 3.63) is 10.6 Å². The summed E-state index contributed by atoms with van der Waals surface area (Å²) in [6, 6.07) is 0.114. The van der Waals surface area contributed by atoms with Gasteiger partial charge in [-0.15, -0.1) is 5.10 Å². The number of rotatable bonds is 3. The van der Waals surface area contributed by atoms with Crippen molar-refractivity contribution in [3.63, 3.8) is 0 Å². The largest absolute Gasteiger partial charge is 0.336 e. The summed E-state index contributed by atoms with van der Waals surface area (Å²) in [6.45, 7) is 3.53. The summed E-state index contributed by atoms with van der Waals surface area (Å²) in [5.74, 6) is 0.0543. The molecule has 0 spiro atoms. The van der Waals surface area contributed by atoms with Gasteiger partial charge >= 0.3 is 0 Å². The lowest BCUT2D eigenvalue weighted by molar-refractivity contribution is 0.0712. The molecule has 0 radical (unpaired) electrons. The van der Waals surface area contributed by atoms with Gasteiger partial charge in [0.2, 0.25) is 0 Å². The highest BCUT2D eigenvalue weighted by Crippen LogP contribution is 2.18. The second-order valence-corrected chi connectivity index (χ2v) is 5.21. The molecule has 2 N–H and O–H groups in total. The summed E-state index contributed by atoms with van der Waals surface area (Å²) < 4.78 is 3.89. The topological polar surface area (TPSA) is 72.1 Å². The number of likely N-dealkylation sites (tertiary alicyclic amines) is 1. The molecule has 1 saturated heterocycles. The van der Waals surface area contributed by atoms with Crippen molar-refractivity contribution in [2.24, 2.45) is 5.73 Å². The quantitative estimate of drug-likeness (QED) is 0.875. The lowest BCUT2D eigenvalue weighted by atomic mass is 10.1. The predicted octanol–water partition coefficient (Wildman–Crippen LogP) is 1.05. The van der Waals surface area contributed by atoms with Gasteiger partial charge < -0.3 is 10.6 Å². The molecular formula is C11H18N4OS. The van der Waals surface area contributed by atoms with Crippen LogP contribution in [0.4, 0.5) is 0 Å². The second-order valence-electron chi connectivity index (χ2n) is 4.45. The normalized spacial score (nSPS) is 20.6. The van der Waals surface area contributed by atoms with Gasteiger partial charge in [0.1, 0.15) is 4.88 Å². The van der Waals surface area contributed by atoms with E-state index in [0.717, 1.165) is 37.9 Å². The molecule has 1 aliphatic rings. The molecule has 0 bridgehead atoms. The van der Waals surface area contributed by atoms with Crippen molar-refractivity contribution in [3.8, 4) is 0 Å². The van der Waals surface area contributed by atoms with E-state index in [4.69, 9.17) is 5.73 Å². The Balaban J connectivity index is 2.10. The van der Waals surface area contributed by atoms with Crippen LogP contribution in [0.5, 0.6) is 0 Å². The summed E-state index contributed by atoms with van der Waals surface area (Å²) >= 11 is 1.20. The van der Waals surface area contributed by atoms with E-state index in [-0.39, 0.29) is 11.9 Å². The fourth-order valence-electron chi connectivity index (χ4n) is 2.11. The van der Waals surface area contributed by atoms with Gasteiger partial charge in [-0.25, -0.2) is 0 Å². The minimum absolute atomic E-state index is 0.0543. The Morgan fingerprint density at radius 2 is 2.47 bits per heavy atom. The number of aromatic nitrogens is 2. The van der Waals surface area contributed by atoms with Crippen molar-refractivity contribution < 1.29 is 4.79 Å². The molecule has 1 aromatic heterocycles. The van der Waals surface area contributed by atoms with Gasteiger partial charge in [0, 0.05) is 19.1 Å². The zero-order chi connectivity index (χ0) is 12.3. The summed E-state index contributed by atoms with van der Waals surface area (Å²) in [5, 5.41) is 4.03. The van der Waals surface area contributed by atoms with E-state index in [0.29, 0.717) is 11.4 Å². The molecule has 94 valence electrons. The molecule has 0 aromatic carbocycles. The molecule has 1 aliphatic heterocycles. The number of amides is 1. The molecule has 2 rings (SSSR count). The van der Waals surface area contributed by atoms with Crippen molar-refractivity contribution >= 4 is 17.4 Å². The molecule has 1 fully saturated rings. The van der Waals surface area contributed by atoms with Crippen molar-refractivity contribution in [1.82, 2.24) is 14.5 Å². The summed E-state index contributed by atoms with van der Waals surface area (Å²) in [4.78, 5) is 14.8. The SMILES string of the molecule is CCCc1nnsc1C(=O)N1CCC[C@@H](N)C1. The van der Waals surface area contributed by atoms with Crippen LogP contribution in [0.15, 0.2) is 0 Å². The lowest BCUT2D eigenvalue weighted by Gasteiger charge is -2.30.